The van der Waals surface area contributed by atoms with Crippen LogP contribution in [-0.2, 0) is 12.6 Å². The Kier molecular flexibility index (Phi) is 5.68. The van der Waals surface area contributed by atoms with E-state index in [9.17, 15) is 18.0 Å². The molecule has 0 fully saturated rings. The predicted molar refractivity (Wildman–Crippen MR) is 101 cm³/mol. The maximum Gasteiger partial charge on any atom is 0.418 e. The van der Waals surface area contributed by atoms with Gasteiger partial charge in [-0.05, 0) is 32.0 Å². The van der Waals surface area contributed by atoms with Gasteiger partial charge in [0.25, 0.3) is 0 Å². The van der Waals surface area contributed by atoms with Crippen molar-refractivity contribution >= 4 is 23.1 Å². The number of nitrogens with zero attached hydrogens (tertiary/aromatic N) is 3. The molecule has 2 aromatic heterocycles. The minimum Gasteiger partial charge on any atom is -0.337 e. The monoisotopic (exact) mass is 409 g/mol. The van der Waals surface area contributed by atoms with E-state index in [0.717, 1.165) is 28.3 Å². The molecule has 0 spiro atoms. The van der Waals surface area contributed by atoms with E-state index in [-0.39, 0.29) is 12.2 Å². The van der Waals surface area contributed by atoms with Crippen molar-refractivity contribution in [2.45, 2.75) is 26.4 Å². The Labute approximate surface area is 163 Å². The number of urea groups is 1. The van der Waals surface area contributed by atoms with E-state index in [1.165, 1.54) is 29.5 Å². The minimum absolute atomic E-state index is 0.236. The van der Waals surface area contributed by atoms with Gasteiger partial charge in [-0.25, -0.2) is 14.5 Å². The van der Waals surface area contributed by atoms with Crippen molar-refractivity contribution in [3.63, 3.8) is 0 Å². The molecule has 0 bridgehead atoms. The molecule has 0 radical (unpaired) electrons. The summed E-state index contributed by atoms with van der Waals surface area (Å²) in [5.74, 6) is 0. The molecule has 0 saturated heterocycles. The number of rotatable bonds is 5. The van der Waals surface area contributed by atoms with Gasteiger partial charge in [-0.1, -0.05) is 12.1 Å². The van der Waals surface area contributed by atoms with E-state index in [1.54, 1.807) is 4.68 Å². The van der Waals surface area contributed by atoms with Gasteiger partial charge in [0.05, 0.1) is 22.6 Å². The highest BCUT2D eigenvalue weighted by atomic mass is 32.1. The second-order valence-corrected chi connectivity index (χ2v) is 6.97. The number of alkyl halides is 3. The van der Waals surface area contributed by atoms with Crippen LogP contribution < -0.4 is 10.6 Å². The number of para-hydroxylation sites is 1. The first kappa shape index (κ1) is 19.9. The number of carbonyl (C=O) groups is 1. The molecule has 3 aromatic rings. The molecular weight excluding hydrogens is 391 g/mol. The number of thiazole rings is 1. The van der Waals surface area contributed by atoms with Crippen molar-refractivity contribution in [1.82, 2.24) is 20.1 Å². The van der Waals surface area contributed by atoms with Crippen molar-refractivity contribution < 1.29 is 18.0 Å². The summed E-state index contributed by atoms with van der Waals surface area (Å²) in [7, 11) is 0. The van der Waals surface area contributed by atoms with Gasteiger partial charge in [0.15, 0.2) is 0 Å². The molecule has 0 atom stereocenters. The van der Waals surface area contributed by atoms with Gasteiger partial charge in [-0.3, -0.25) is 0 Å². The van der Waals surface area contributed by atoms with Gasteiger partial charge in [0, 0.05) is 24.0 Å². The van der Waals surface area contributed by atoms with Crippen LogP contribution in [-0.4, -0.2) is 27.3 Å². The van der Waals surface area contributed by atoms with Crippen molar-refractivity contribution in [2.24, 2.45) is 0 Å². The maximum atomic E-state index is 13.0. The number of hydrogen-bond donors (Lipinski definition) is 2. The average molecular weight is 409 g/mol. The van der Waals surface area contributed by atoms with Crippen LogP contribution in [0.4, 0.5) is 23.7 Å². The summed E-state index contributed by atoms with van der Waals surface area (Å²) < 4.78 is 40.6. The normalized spacial score (nSPS) is 11.5. The minimum atomic E-state index is -4.54. The van der Waals surface area contributed by atoms with Crippen LogP contribution in [0.5, 0.6) is 0 Å². The fourth-order valence-corrected chi connectivity index (χ4v) is 3.51. The zero-order chi connectivity index (χ0) is 20.3. The standard InChI is InChI=1S/C18H18F3N5OS/c1-11-9-12(2)26(25-11)17-23-13(10-28-17)7-8-22-16(27)24-15-6-4-3-5-14(15)18(19,20)21/h3-6,9-10H,7-8H2,1-2H3,(H2,22,24,27). The quantitative estimate of drug-likeness (QED) is 0.659. The molecule has 2 heterocycles. The summed E-state index contributed by atoms with van der Waals surface area (Å²) in [4.78, 5) is 16.4. The Morgan fingerprint density at radius 3 is 2.68 bits per heavy atom. The molecule has 10 heteroatoms. The highest BCUT2D eigenvalue weighted by Gasteiger charge is 2.33. The second-order valence-electron chi connectivity index (χ2n) is 6.13. The summed E-state index contributed by atoms with van der Waals surface area (Å²) in [5.41, 5.74) is 1.46. The van der Waals surface area contributed by atoms with Gasteiger partial charge < -0.3 is 10.6 Å². The number of benzene rings is 1. The van der Waals surface area contributed by atoms with Crippen molar-refractivity contribution in [1.29, 1.82) is 0 Å². The first-order chi connectivity index (χ1) is 13.2. The molecule has 2 amide bonds. The molecule has 28 heavy (non-hydrogen) atoms. The second kappa shape index (κ2) is 8.01. The van der Waals surface area contributed by atoms with Crippen LogP contribution in [0.25, 0.3) is 5.13 Å². The molecule has 0 aliphatic carbocycles. The van der Waals surface area contributed by atoms with E-state index in [1.807, 2.05) is 25.3 Å². The lowest BCUT2D eigenvalue weighted by Gasteiger charge is -2.13. The van der Waals surface area contributed by atoms with Crippen LogP contribution in [0.2, 0.25) is 0 Å². The number of aromatic nitrogens is 3. The van der Waals surface area contributed by atoms with Crippen LogP contribution in [0.3, 0.4) is 0 Å². The number of amides is 2. The lowest BCUT2D eigenvalue weighted by Crippen LogP contribution is -2.31. The van der Waals surface area contributed by atoms with Crippen LogP contribution in [0, 0.1) is 13.8 Å². The zero-order valence-electron chi connectivity index (χ0n) is 15.2. The third-order valence-electron chi connectivity index (χ3n) is 3.88. The molecule has 2 N–H and O–H groups in total. The molecule has 3 rings (SSSR count). The van der Waals surface area contributed by atoms with Gasteiger partial charge >= 0.3 is 12.2 Å². The zero-order valence-corrected chi connectivity index (χ0v) is 16.0. The molecule has 0 unspecified atom stereocenters. The van der Waals surface area contributed by atoms with Crippen LogP contribution >= 0.6 is 11.3 Å². The van der Waals surface area contributed by atoms with E-state index in [4.69, 9.17) is 0 Å². The molecule has 0 saturated carbocycles. The third kappa shape index (κ3) is 4.69. The van der Waals surface area contributed by atoms with Gasteiger partial charge in [-0.15, -0.1) is 11.3 Å². The smallest absolute Gasteiger partial charge is 0.337 e. The van der Waals surface area contributed by atoms with E-state index in [0.29, 0.717) is 6.42 Å². The number of anilines is 1. The largest absolute Gasteiger partial charge is 0.418 e. The van der Waals surface area contributed by atoms with E-state index in [2.05, 4.69) is 20.7 Å². The van der Waals surface area contributed by atoms with Crippen molar-refractivity contribution in [3.05, 3.63) is 58.4 Å². The molecule has 6 nitrogen and oxygen atoms in total. The topological polar surface area (TPSA) is 71.8 Å². The first-order valence-electron chi connectivity index (χ1n) is 8.43. The summed E-state index contributed by atoms with van der Waals surface area (Å²) in [6.07, 6.45) is -4.09. The molecule has 0 aliphatic heterocycles. The van der Waals surface area contributed by atoms with Crippen molar-refractivity contribution in [3.8, 4) is 5.13 Å². The lowest BCUT2D eigenvalue weighted by atomic mass is 10.1. The highest BCUT2D eigenvalue weighted by molar-refractivity contribution is 7.12. The number of hydrogen-bond acceptors (Lipinski definition) is 4. The number of carbonyl (C=O) groups excluding carboxylic acids is 1. The summed E-state index contributed by atoms with van der Waals surface area (Å²) >= 11 is 1.43. The average Bonchev–Trinajstić information content (AvgIpc) is 3.20. The SMILES string of the molecule is Cc1cc(C)n(-c2nc(CCNC(=O)Nc3ccccc3C(F)(F)F)cs2)n1. The van der Waals surface area contributed by atoms with Gasteiger partial charge in [-0.2, -0.15) is 18.3 Å². The number of nitrogens with one attached hydrogen (secondary N) is 2. The number of halogens is 3. The Morgan fingerprint density at radius 2 is 2.00 bits per heavy atom. The Hall–Kier alpha value is -2.88. The molecule has 148 valence electrons. The third-order valence-corrected chi connectivity index (χ3v) is 4.74. The number of aryl methyl sites for hydroxylation is 2. The Bertz CT molecular complexity index is 980. The summed E-state index contributed by atoms with van der Waals surface area (Å²) in [5, 5.41) is 11.8. The van der Waals surface area contributed by atoms with Crippen molar-refractivity contribution in [2.75, 3.05) is 11.9 Å². The van der Waals surface area contributed by atoms with Crippen LogP contribution in [0.15, 0.2) is 35.7 Å². The van der Waals surface area contributed by atoms with E-state index >= 15 is 0 Å². The lowest BCUT2D eigenvalue weighted by molar-refractivity contribution is -0.136. The van der Waals surface area contributed by atoms with E-state index < -0.39 is 17.8 Å². The first-order valence-corrected chi connectivity index (χ1v) is 9.31. The summed E-state index contributed by atoms with van der Waals surface area (Å²) in [6.45, 7) is 4.07. The predicted octanol–water partition coefficient (Wildman–Crippen LogP) is 4.33. The van der Waals surface area contributed by atoms with Gasteiger partial charge in [0.2, 0.25) is 5.13 Å². The van der Waals surface area contributed by atoms with Gasteiger partial charge in [0.1, 0.15) is 0 Å². The molecular formula is C18H18F3N5OS. The Morgan fingerprint density at radius 1 is 1.25 bits per heavy atom. The summed E-state index contributed by atoms with van der Waals surface area (Å²) in [6, 6.07) is 6.08. The molecule has 1 aromatic carbocycles. The maximum absolute atomic E-state index is 13.0. The Balaban J connectivity index is 1.55. The fourth-order valence-electron chi connectivity index (χ4n) is 2.64. The van der Waals surface area contributed by atoms with Crippen LogP contribution in [0.1, 0.15) is 22.6 Å². The molecule has 0 aliphatic rings. The fraction of sp³-hybridized carbons (Fsp3) is 0.278. The highest BCUT2D eigenvalue weighted by Crippen LogP contribution is 2.34.